The van der Waals surface area contributed by atoms with Crippen molar-refractivity contribution < 1.29 is 4.79 Å². The number of hydrogen-bond acceptors (Lipinski definition) is 1. The molecule has 0 saturated heterocycles. The van der Waals surface area contributed by atoms with Crippen molar-refractivity contribution in [1.29, 1.82) is 0 Å². The van der Waals surface area contributed by atoms with Gasteiger partial charge in [-0.15, -0.1) is 0 Å². The van der Waals surface area contributed by atoms with Crippen LogP contribution in [0.1, 0.15) is 13.8 Å². The Labute approximate surface area is 85.0 Å². The summed E-state index contributed by atoms with van der Waals surface area (Å²) in [5.74, 6) is 0.186. The van der Waals surface area contributed by atoms with Crippen molar-refractivity contribution in [2.75, 3.05) is 0 Å². The van der Waals surface area contributed by atoms with E-state index in [1.165, 1.54) is 4.46 Å². The first-order chi connectivity index (χ1) is 6.24. The Morgan fingerprint density at radius 1 is 1.31 bits per heavy atom. The summed E-state index contributed by atoms with van der Waals surface area (Å²) in [7, 11) is 0. The van der Waals surface area contributed by atoms with Crippen molar-refractivity contribution in [2.45, 2.75) is 13.8 Å². The molecule has 0 aromatic heterocycles. The third-order valence-corrected chi connectivity index (χ3v) is 4.20. The first kappa shape index (κ1) is 10.2. The van der Waals surface area contributed by atoms with E-state index in [4.69, 9.17) is 0 Å². The van der Waals surface area contributed by atoms with E-state index in [9.17, 15) is 4.79 Å². The summed E-state index contributed by atoms with van der Waals surface area (Å²) in [5.41, 5.74) is 0. The quantitative estimate of drug-likeness (QED) is 0.577. The van der Waals surface area contributed by atoms with Crippen LogP contribution in [0.15, 0.2) is 40.9 Å². The second-order valence-corrected chi connectivity index (χ2v) is 4.96. The predicted molar refractivity (Wildman–Crippen MR) is 56.3 cm³/mol. The van der Waals surface area contributed by atoms with Crippen LogP contribution in [0.3, 0.4) is 0 Å². The maximum atomic E-state index is 11.1. The Bertz CT molecular complexity index is 314. The van der Waals surface area contributed by atoms with Crippen molar-refractivity contribution in [3.63, 3.8) is 0 Å². The molecule has 0 unspecified atom stereocenters. The summed E-state index contributed by atoms with van der Waals surface area (Å²) in [6.07, 6.45) is 1.91. The number of ketones is 1. The van der Waals surface area contributed by atoms with Crippen LogP contribution in [0.25, 0.3) is 0 Å². The number of Topliss-reactive ketones (excluding diaryl/α,β-unsaturated/α-hetero) is 1. The van der Waals surface area contributed by atoms with Gasteiger partial charge >= 0.3 is 84.7 Å². The minimum atomic E-state index is 0.168. The molecule has 0 heterocycles. The standard InChI is InChI=1S/C11H12OSe/c1-3-11(9(2)12)13-10-7-5-4-6-8-10/h3-8H,1-2H3/b11-3-. The van der Waals surface area contributed by atoms with Gasteiger partial charge in [-0.1, -0.05) is 0 Å². The topological polar surface area (TPSA) is 17.1 Å². The molecule has 1 nitrogen and oxygen atoms in total. The van der Waals surface area contributed by atoms with Gasteiger partial charge in [-0.25, -0.2) is 0 Å². The molecule has 0 bridgehead atoms. The maximum absolute atomic E-state index is 11.1. The number of allylic oxidation sites excluding steroid dienone is 2. The Balaban J connectivity index is 2.74. The first-order valence-electron chi connectivity index (χ1n) is 4.14. The zero-order chi connectivity index (χ0) is 9.68. The molecule has 68 valence electrons. The van der Waals surface area contributed by atoms with Gasteiger partial charge in [0.05, 0.1) is 0 Å². The van der Waals surface area contributed by atoms with Crippen LogP contribution in [0, 0.1) is 0 Å². The average molecular weight is 239 g/mol. The van der Waals surface area contributed by atoms with Gasteiger partial charge in [0, 0.05) is 0 Å². The summed E-state index contributed by atoms with van der Waals surface area (Å²) >= 11 is 0.168. The van der Waals surface area contributed by atoms with Crippen LogP contribution >= 0.6 is 0 Å². The Kier molecular flexibility index (Phi) is 3.94. The number of rotatable bonds is 3. The number of carbonyl (C=O) groups is 1. The van der Waals surface area contributed by atoms with Crippen LogP contribution in [-0.4, -0.2) is 20.7 Å². The van der Waals surface area contributed by atoms with Crippen LogP contribution in [-0.2, 0) is 4.79 Å². The zero-order valence-electron chi connectivity index (χ0n) is 7.78. The summed E-state index contributed by atoms with van der Waals surface area (Å²) in [4.78, 5) is 11.1. The van der Waals surface area contributed by atoms with E-state index >= 15 is 0 Å². The van der Waals surface area contributed by atoms with Crippen molar-refractivity contribution >= 4 is 25.2 Å². The summed E-state index contributed by atoms with van der Waals surface area (Å²) in [6, 6.07) is 10.1. The van der Waals surface area contributed by atoms with E-state index < -0.39 is 0 Å². The Morgan fingerprint density at radius 3 is 2.38 bits per heavy atom. The van der Waals surface area contributed by atoms with Gasteiger partial charge in [0.1, 0.15) is 0 Å². The number of carbonyl (C=O) groups excluding carboxylic acids is 1. The predicted octanol–water partition coefficient (Wildman–Crippen LogP) is 1.51. The van der Waals surface area contributed by atoms with Gasteiger partial charge in [-0.3, -0.25) is 0 Å². The van der Waals surface area contributed by atoms with Crippen LogP contribution < -0.4 is 4.46 Å². The molecule has 0 fully saturated rings. The van der Waals surface area contributed by atoms with Gasteiger partial charge in [-0.05, 0) is 0 Å². The third kappa shape index (κ3) is 3.17. The second kappa shape index (κ2) is 5.00. The number of benzene rings is 1. The molecule has 0 aliphatic heterocycles. The fraction of sp³-hybridized carbons (Fsp3) is 0.182. The molecule has 0 radical (unpaired) electrons. The SMILES string of the molecule is C/C=C(\[Se]c1ccccc1)C(C)=O. The molecule has 0 saturated carbocycles. The molecule has 13 heavy (non-hydrogen) atoms. The first-order valence-corrected chi connectivity index (χ1v) is 5.85. The van der Waals surface area contributed by atoms with E-state index in [0.717, 1.165) is 4.47 Å². The van der Waals surface area contributed by atoms with E-state index in [-0.39, 0.29) is 20.7 Å². The van der Waals surface area contributed by atoms with E-state index in [1.54, 1.807) is 6.92 Å². The molecule has 1 aromatic carbocycles. The molecule has 0 N–H and O–H groups in total. The molecule has 1 rings (SSSR count). The van der Waals surface area contributed by atoms with Gasteiger partial charge in [-0.2, -0.15) is 0 Å². The van der Waals surface area contributed by atoms with E-state index in [0.29, 0.717) is 0 Å². The fourth-order valence-electron chi connectivity index (χ4n) is 0.950. The molecular weight excluding hydrogens is 227 g/mol. The molecule has 0 spiro atoms. The summed E-state index contributed by atoms with van der Waals surface area (Å²) < 4.78 is 2.19. The normalized spacial score (nSPS) is 11.4. The van der Waals surface area contributed by atoms with Gasteiger partial charge in [0.15, 0.2) is 0 Å². The van der Waals surface area contributed by atoms with Crippen molar-refractivity contribution in [3.05, 3.63) is 40.9 Å². The summed E-state index contributed by atoms with van der Waals surface area (Å²) in [6.45, 7) is 3.54. The second-order valence-electron chi connectivity index (χ2n) is 2.62. The molecule has 0 amide bonds. The Hall–Kier alpha value is -0.851. The molecule has 0 aliphatic rings. The van der Waals surface area contributed by atoms with Gasteiger partial charge in [0.25, 0.3) is 0 Å². The van der Waals surface area contributed by atoms with E-state index in [2.05, 4.69) is 12.1 Å². The third-order valence-electron chi connectivity index (χ3n) is 1.58. The fourth-order valence-corrected chi connectivity index (χ4v) is 2.65. The van der Waals surface area contributed by atoms with Crippen molar-refractivity contribution in [3.8, 4) is 0 Å². The molecule has 0 atom stereocenters. The van der Waals surface area contributed by atoms with Crippen LogP contribution in [0.2, 0.25) is 0 Å². The zero-order valence-corrected chi connectivity index (χ0v) is 9.49. The van der Waals surface area contributed by atoms with E-state index in [1.807, 2.05) is 31.2 Å². The Morgan fingerprint density at radius 2 is 1.92 bits per heavy atom. The molecule has 2 heteroatoms. The average Bonchev–Trinajstić information content (AvgIpc) is 2.15. The number of hydrogen-bond donors (Lipinski definition) is 0. The van der Waals surface area contributed by atoms with Crippen LogP contribution in [0.4, 0.5) is 0 Å². The van der Waals surface area contributed by atoms with Crippen molar-refractivity contribution in [2.24, 2.45) is 0 Å². The minimum absolute atomic E-state index is 0.168. The molecular formula is C11H12OSe. The molecule has 1 aromatic rings. The molecule has 0 aliphatic carbocycles. The van der Waals surface area contributed by atoms with Crippen molar-refractivity contribution in [1.82, 2.24) is 0 Å². The summed E-state index contributed by atoms with van der Waals surface area (Å²) in [5, 5.41) is 0. The monoisotopic (exact) mass is 240 g/mol. The van der Waals surface area contributed by atoms with Gasteiger partial charge < -0.3 is 0 Å². The van der Waals surface area contributed by atoms with Crippen LogP contribution in [0.5, 0.6) is 0 Å². The van der Waals surface area contributed by atoms with Gasteiger partial charge in [0.2, 0.25) is 0 Å².